The van der Waals surface area contributed by atoms with Crippen LogP contribution < -0.4 is 0 Å². The van der Waals surface area contributed by atoms with Gasteiger partial charge in [-0.2, -0.15) is 0 Å². The number of likely N-dealkylation sites (tertiary alicyclic amines) is 1. The van der Waals surface area contributed by atoms with Crippen molar-refractivity contribution >= 4 is 28.8 Å². The van der Waals surface area contributed by atoms with E-state index in [0.717, 1.165) is 11.9 Å². The number of nitrogens with zero attached hydrogens (tertiary/aromatic N) is 6. The minimum absolute atomic E-state index is 0.0908. The highest BCUT2D eigenvalue weighted by Gasteiger charge is 2.75. The number of carbonyl (C=O) groups excluding carboxylic acids is 3. The monoisotopic (exact) mass is 550 g/mol. The quantitative estimate of drug-likeness (QED) is 0.399. The van der Waals surface area contributed by atoms with Gasteiger partial charge in [-0.3, -0.25) is 14.4 Å². The number of aliphatic hydroxyl groups is 1. The lowest BCUT2D eigenvalue weighted by atomic mass is 9.70. The van der Waals surface area contributed by atoms with Gasteiger partial charge in [0.05, 0.1) is 36.1 Å². The van der Waals surface area contributed by atoms with Crippen LogP contribution in [0.15, 0.2) is 49.6 Å². The lowest BCUT2D eigenvalue weighted by molar-refractivity contribution is -0.152. The van der Waals surface area contributed by atoms with E-state index in [2.05, 4.69) is 23.5 Å². The summed E-state index contributed by atoms with van der Waals surface area (Å²) in [6.45, 7) is 12.2. The summed E-state index contributed by atoms with van der Waals surface area (Å²) in [6, 6.07) is 5.83. The maximum atomic E-state index is 14.5. The Morgan fingerprint density at radius 2 is 1.95 bits per heavy atom. The molecule has 11 heteroatoms. The van der Waals surface area contributed by atoms with Crippen molar-refractivity contribution in [2.24, 2.45) is 11.8 Å². The van der Waals surface area contributed by atoms with Crippen LogP contribution in [0.3, 0.4) is 0 Å². The summed E-state index contributed by atoms with van der Waals surface area (Å²) in [5.41, 5.74) is 0.317. The van der Waals surface area contributed by atoms with Gasteiger partial charge in [0, 0.05) is 19.6 Å². The van der Waals surface area contributed by atoms with Gasteiger partial charge in [-0.05, 0) is 38.3 Å². The van der Waals surface area contributed by atoms with E-state index in [0.29, 0.717) is 31.4 Å². The van der Waals surface area contributed by atoms with Crippen LogP contribution in [-0.2, 0) is 25.8 Å². The van der Waals surface area contributed by atoms with Crippen LogP contribution in [0, 0.1) is 11.8 Å². The first-order chi connectivity index (χ1) is 19.3. The van der Waals surface area contributed by atoms with Gasteiger partial charge in [-0.25, -0.2) is 4.68 Å². The number of rotatable bonds is 12. The Morgan fingerprint density at radius 1 is 1.23 bits per heavy atom. The van der Waals surface area contributed by atoms with Crippen LogP contribution >= 0.6 is 0 Å². The van der Waals surface area contributed by atoms with E-state index in [1.54, 1.807) is 33.6 Å². The lowest BCUT2D eigenvalue weighted by Crippen LogP contribution is -2.58. The molecule has 11 nitrogen and oxygen atoms in total. The van der Waals surface area contributed by atoms with Gasteiger partial charge in [-0.15, -0.1) is 18.3 Å². The minimum Gasteiger partial charge on any atom is -0.394 e. The average Bonchev–Trinajstić information content (AvgIpc) is 3.71. The van der Waals surface area contributed by atoms with Crippen molar-refractivity contribution in [1.29, 1.82) is 0 Å². The molecule has 5 rings (SSSR count). The Hall–Kier alpha value is -3.57. The molecule has 2 bridgehead atoms. The molecule has 2 unspecified atom stereocenters. The maximum Gasteiger partial charge on any atom is 0.250 e. The maximum absolute atomic E-state index is 14.5. The zero-order valence-electron chi connectivity index (χ0n) is 23.2. The van der Waals surface area contributed by atoms with Gasteiger partial charge in [-0.1, -0.05) is 36.4 Å². The fourth-order valence-corrected chi connectivity index (χ4v) is 6.87. The number of hydrogen-bond acceptors (Lipinski definition) is 7. The molecule has 1 spiro atoms. The van der Waals surface area contributed by atoms with Crippen molar-refractivity contribution in [2.75, 3.05) is 26.2 Å². The molecule has 3 aliphatic heterocycles. The Labute approximate surface area is 234 Å². The molecule has 1 N–H and O–H groups in total. The van der Waals surface area contributed by atoms with Crippen LogP contribution in [0.25, 0.3) is 11.0 Å². The summed E-state index contributed by atoms with van der Waals surface area (Å²) in [5.74, 6) is -2.29. The van der Waals surface area contributed by atoms with Gasteiger partial charge in [0.15, 0.2) is 0 Å². The van der Waals surface area contributed by atoms with E-state index in [-0.39, 0.29) is 37.5 Å². The van der Waals surface area contributed by atoms with Crippen LogP contribution in [0.4, 0.5) is 0 Å². The third-order valence-corrected chi connectivity index (χ3v) is 8.54. The highest BCUT2D eigenvalue weighted by Crippen LogP contribution is 2.59. The first-order valence-electron chi connectivity index (χ1n) is 14.0. The van der Waals surface area contributed by atoms with Crippen molar-refractivity contribution < 1.29 is 24.2 Å². The number of fused-ring (bicyclic) bond motifs is 2. The number of aromatic nitrogens is 3. The molecule has 3 saturated heterocycles. The molecule has 4 heterocycles. The predicted molar refractivity (Wildman–Crippen MR) is 148 cm³/mol. The third kappa shape index (κ3) is 4.32. The highest BCUT2D eigenvalue weighted by molar-refractivity contribution is 5.99. The summed E-state index contributed by atoms with van der Waals surface area (Å²) in [4.78, 5) is 47.2. The first kappa shape index (κ1) is 28.0. The summed E-state index contributed by atoms with van der Waals surface area (Å²) in [6.07, 6.45) is 4.69. The molecular formula is C29H38N6O5. The highest BCUT2D eigenvalue weighted by atomic mass is 16.5. The molecular weight excluding hydrogens is 512 g/mol. The van der Waals surface area contributed by atoms with E-state index in [9.17, 15) is 19.5 Å². The SMILES string of the molecule is C=CCN(Cn1nnc2ccccc21)C(=O)C1N([C@H](C)CO)C(=O)[C@@H]2[C@H](C(=O)N(CC=C)CCC)[C@@H]3CCC12O3. The van der Waals surface area contributed by atoms with Crippen LogP contribution in [0.5, 0.6) is 0 Å². The largest absolute Gasteiger partial charge is 0.394 e. The fourth-order valence-electron chi connectivity index (χ4n) is 6.87. The minimum atomic E-state index is -1.15. The first-order valence-corrected chi connectivity index (χ1v) is 14.0. The molecule has 1 aromatic heterocycles. The number of amides is 3. The second-order valence-electron chi connectivity index (χ2n) is 11.0. The number of aliphatic hydroxyl groups excluding tert-OH is 1. The molecule has 3 aliphatic rings. The predicted octanol–water partition coefficient (Wildman–Crippen LogP) is 1.58. The molecule has 3 fully saturated rings. The Morgan fingerprint density at radius 3 is 2.65 bits per heavy atom. The molecule has 6 atom stereocenters. The molecule has 214 valence electrons. The van der Waals surface area contributed by atoms with E-state index in [4.69, 9.17) is 4.74 Å². The summed E-state index contributed by atoms with van der Waals surface area (Å²) >= 11 is 0. The van der Waals surface area contributed by atoms with Crippen LogP contribution in [-0.4, -0.2) is 103 Å². The standard InChI is InChI=1S/C29H38N6O5/c1-5-14-32(15-6-2)26(37)23-22-12-13-29(40-22)24(23)27(38)35(19(4)17-36)25(29)28(39)33(16-7-3)18-34-21-11-9-8-10-20(21)30-31-34/h5,7-11,19,22-25,36H,1,3,6,12-18H2,2,4H3/t19-,22+,23-,24+,25?,29?/m1/s1. The molecule has 0 saturated carbocycles. The normalized spacial score (nSPS) is 27.6. The smallest absolute Gasteiger partial charge is 0.250 e. The average molecular weight is 551 g/mol. The van der Waals surface area contributed by atoms with E-state index in [1.807, 2.05) is 31.2 Å². The summed E-state index contributed by atoms with van der Waals surface area (Å²) in [7, 11) is 0. The van der Waals surface area contributed by atoms with Crippen LogP contribution in [0.1, 0.15) is 33.1 Å². The van der Waals surface area contributed by atoms with Crippen LogP contribution in [0.2, 0.25) is 0 Å². The van der Waals surface area contributed by atoms with Gasteiger partial charge >= 0.3 is 0 Å². The van der Waals surface area contributed by atoms with Gasteiger partial charge in [0.25, 0.3) is 0 Å². The second kappa shape index (κ2) is 11.1. The van der Waals surface area contributed by atoms with Crippen molar-refractivity contribution in [3.63, 3.8) is 0 Å². The number of ether oxygens (including phenoxy) is 1. The van der Waals surface area contributed by atoms with E-state index in [1.165, 1.54) is 4.90 Å². The Kier molecular flexibility index (Phi) is 7.78. The summed E-state index contributed by atoms with van der Waals surface area (Å²) < 4.78 is 8.20. The third-order valence-electron chi connectivity index (χ3n) is 8.54. The Bertz CT molecular complexity index is 1310. The van der Waals surface area contributed by atoms with Crippen molar-refractivity contribution in [3.8, 4) is 0 Å². The number of para-hydroxylation sites is 1. The Balaban J connectivity index is 1.52. The van der Waals surface area contributed by atoms with Crippen molar-refractivity contribution in [1.82, 2.24) is 29.7 Å². The lowest BCUT2D eigenvalue weighted by Gasteiger charge is -2.38. The number of hydrogen-bond donors (Lipinski definition) is 1. The molecule has 0 radical (unpaired) electrons. The number of benzene rings is 1. The zero-order valence-corrected chi connectivity index (χ0v) is 23.2. The fraction of sp³-hybridized carbons (Fsp3) is 0.552. The van der Waals surface area contributed by atoms with E-state index >= 15 is 0 Å². The van der Waals surface area contributed by atoms with Gasteiger partial charge in [0.1, 0.15) is 23.8 Å². The molecule has 2 aromatic rings. The zero-order chi connectivity index (χ0) is 28.6. The molecule has 40 heavy (non-hydrogen) atoms. The second-order valence-corrected chi connectivity index (χ2v) is 11.0. The molecule has 0 aliphatic carbocycles. The molecule has 1 aromatic carbocycles. The topological polar surface area (TPSA) is 121 Å². The van der Waals surface area contributed by atoms with E-state index < -0.39 is 35.6 Å². The van der Waals surface area contributed by atoms with Gasteiger partial charge in [0.2, 0.25) is 17.7 Å². The number of carbonyl (C=O) groups is 3. The van der Waals surface area contributed by atoms with Gasteiger partial charge < -0.3 is 24.5 Å². The van der Waals surface area contributed by atoms with Crippen molar-refractivity contribution in [3.05, 3.63) is 49.6 Å². The summed E-state index contributed by atoms with van der Waals surface area (Å²) in [5, 5.41) is 18.6. The van der Waals surface area contributed by atoms with Crippen molar-refractivity contribution in [2.45, 2.75) is 63.6 Å². The molecule has 3 amide bonds.